The second kappa shape index (κ2) is 6.90. The largest absolute Gasteiger partial charge is 0.360 e. The zero-order valence-corrected chi connectivity index (χ0v) is 14.4. The van der Waals surface area contributed by atoms with Gasteiger partial charge in [0.2, 0.25) is 0 Å². The predicted molar refractivity (Wildman–Crippen MR) is 92.3 cm³/mol. The lowest BCUT2D eigenvalue weighted by Crippen LogP contribution is -2.46. The van der Waals surface area contributed by atoms with Gasteiger partial charge >= 0.3 is 0 Å². The molecule has 0 aromatic carbocycles. The molecule has 0 radical (unpaired) electrons. The molecule has 0 unspecified atom stereocenters. The van der Waals surface area contributed by atoms with Crippen molar-refractivity contribution < 1.29 is 0 Å². The Hall–Kier alpha value is -0.610. The van der Waals surface area contributed by atoms with Gasteiger partial charge < -0.3 is 10.6 Å². The van der Waals surface area contributed by atoms with E-state index in [2.05, 4.69) is 48.9 Å². The van der Waals surface area contributed by atoms with Crippen LogP contribution in [-0.2, 0) is 0 Å². The Morgan fingerprint density at radius 1 is 1.30 bits per heavy atom. The van der Waals surface area contributed by atoms with Crippen LogP contribution in [0.3, 0.4) is 0 Å². The maximum atomic E-state index is 5.54. The topological polar surface area (TPSA) is 24.1 Å². The van der Waals surface area contributed by atoms with Crippen molar-refractivity contribution in [1.82, 2.24) is 10.6 Å². The first-order valence-corrected chi connectivity index (χ1v) is 8.86. The van der Waals surface area contributed by atoms with Crippen LogP contribution in [-0.4, -0.2) is 11.2 Å². The third-order valence-electron chi connectivity index (χ3n) is 3.91. The Labute approximate surface area is 132 Å². The molecule has 1 aliphatic carbocycles. The van der Waals surface area contributed by atoms with E-state index in [0.29, 0.717) is 6.04 Å². The third-order valence-corrected chi connectivity index (χ3v) is 5.08. The molecule has 0 aliphatic heterocycles. The Balaban J connectivity index is 1.95. The van der Waals surface area contributed by atoms with Gasteiger partial charge in [-0.1, -0.05) is 46.1 Å². The summed E-state index contributed by atoms with van der Waals surface area (Å²) in [7, 11) is 0. The fraction of sp³-hybridized carbons (Fsp3) is 0.688. The second-order valence-electron chi connectivity index (χ2n) is 6.77. The number of rotatable bonds is 3. The van der Waals surface area contributed by atoms with E-state index in [1.165, 1.54) is 37.0 Å². The van der Waals surface area contributed by atoms with E-state index in [-0.39, 0.29) is 11.5 Å². The van der Waals surface area contributed by atoms with Crippen molar-refractivity contribution in [3.63, 3.8) is 0 Å². The number of hydrogen-bond acceptors (Lipinski definition) is 2. The standard InChI is InChI=1S/C16H26N2S2/c1-16(2,3)14(13-10-7-11-20-13)18-15(19)17-12-8-5-4-6-9-12/h7,10-12,14H,4-6,8-9H2,1-3H3,(H2,17,18,19)/t14-/m1/s1. The average molecular weight is 311 g/mol. The second-order valence-corrected chi connectivity index (χ2v) is 8.15. The summed E-state index contributed by atoms with van der Waals surface area (Å²) in [6, 6.07) is 5.13. The van der Waals surface area contributed by atoms with Gasteiger partial charge in [-0.15, -0.1) is 11.3 Å². The quantitative estimate of drug-likeness (QED) is 0.796. The molecule has 20 heavy (non-hydrogen) atoms. The zero-order valence-electron chi connectivity index (χ0n) is 12.7. The van der Waals surface area contributed by atoms with Gasteiger partial charge in [-0.3, -0.25) is 0 Å². The average Bonchev–Trinajstić information content (AvgIpc) is 2.89. The molecule has 2 rings (SSSR count). The van der Waals surface area contributed by atoms with Crippen molar-refractivity contribution in [2.75, 3.05) is 0 Å². The van der Waals surface area contributed by atoms with E-state index in [1.807, 2.05) is 0 Å². The highest BCUT2D eigenvalue weighted by Gasteiger charge is 2.28. The molecule has 1 aromatic rings. The monoisotopic (exact) mass is 310 g/mol. The van der Waals surface area contributed by atoms with Gasteiger partial charge in [0.15, 0.2) is 5.11 Å². The molecule has 2 N–H and O–H groups in total. The number of hydrogen-bond donors (Lipinski definition) is 2. The first kappa shape index (κ1) is 15.8. The molecule has 112 valence electrons. The summed E-state index contributed by atoms with van der Waals surface area (Å²) in [6.07, 6.45) is 6.53. The fourth-order valence-electron chi connectivity index (χ4n) is 2.78. The minimum absolute atomic E-state index is 0.142. The highest BCUT2D eigenvalue weighted by atomic mass is 32.1. The smallest absolute Gasteiger partial charge is 0.167 e. The van der Waals surface area contributed by atoms with Crippen LogP contribution in [0.25, 0.3) is 0 Å². The summed E-state index contributed by atoms with van der Waals surface area (Å²) in [5.74, 6) is 0. The normalized spacial score (nSPS) is 18.6. The molecular weight excluding hydrogens is 284 g/mol. The summed E-state index contributed by atoms with van der Waals surface area (Å²) < 4.78 is 0. The Morgan fingerprint density at radius 3 is 2.55 bits per heavy atom. The van der Waals surface area contributed by atoms with Crippen LogP contribution in [0.15, 0.2) is 17.5 Å². The summed E-state index contributed by atoms with van der Waals surface area (Å²) in [5.41, 5.74) is 0.142. The van der Waals surface area contributed by atoms with Crippen LogP contribution in [0.4, 0.5) is 0 Å². The number of thiophene rings is 1. The summed E-state index contributed by atoms with van der Waals surface area (Å²) in [6.45, 7) is 6.77. The van der Waals surface area contributed by atoms with E-state index < -0.39 is 0 Å². The predicted octanol–water partition coefficient (Wildman–Crippen LogP) is 4.63. The van der Waals surface area contributed by atoms with Crippen LogP contribution < -0.4 is 10.6 Å². The lowest BCUT2D eigenvalue weighted by Gasteiger charge is -2.33. The van der Waals surface area contributed by atoms with Crippen molar-refractivity contribution >= 4 is 28.7 Å². The van der Waals surface area contributed by atoms with Crippen molar-refractivity contribution in [2.45, 2.75) is 65.0 Å². The van der Waals surface area contributed by atoms with Gasteiger partial charge in [0.25, 0.3) is 0 Å². The highest BCUT2D eigenvalue weighted by molar-refractivity contribution is 7.80. The van der Waals surface area contributed by atoms with Gasteiger partial charge in [0.1, 0.15) is 0 Å². The van der Waals surface area contributed by atoms with E-state index >= 15 is 0 Å². The first-order valence-electron chi connectivity index (χ1n) is 7.57. The number of thiocarbonyl (C=S) groups is 1. The van der Waals surface area contributed by atoms with Crippen molar-refractivity contribution in [3.8, 4) is 0 Å². The van der Waals surface area contributed by atoms with Crippen molar-refractivity contribution in [1.29, 1.82) is 0 Å². The number of nitrogens with one attached hydrogen (secondary N) is 2. The summed E-state index contributed by atoms with van der Waals surface area (Å²) in [5, 5.41) is 9.99. The molecule has 1 saturated carbocycles. The van der Waals surface area contributed by atoms with Crippen LogP contribution in [0.2, 0.25) is 0 Å². The zero-order chi connectivity index (χ0) is 14.6. The van der Waals surface area contributed by atoms with Crippen LogP contribution in [0.5, 0.6) is 0 Å². The fourth-order valence-corrected chi connectivity index (χ4v) is 4.08. The van der Waals surface area contributed by atoms with Gasteiger partial charge in [0, 0.05) is 10.9 Å². The minimum atomic E-state index is 0.142. The van der Waals surface area contributed by atoms with E-state index in [0.717, 1.165) is 5.11 Å². The maximum absolute atomic E-state index is 5.54. The van der Waals surface area contributed by atoms with E-state index in [1.54, 1.807) is 11.3 Å². The van der Waals surface area contributed by atoms with Gasteiger partial charge in [-0.2, -0.15) is 0 Å². The molecule has 0 bridgehead atoms. The van der Waals surface area contributed by atoms with Gasteiger partial charge in [0.05, 0.1) is 6.04 Å². The first-order chi connectivity index (χ1) is 9.47. The molecule has 1 atom stereocenters. The minimum Gasteiger partial charge on any atom is -0.360 e. The molecule has 4 heteroatoms. The molecule has 2 nitrogen and oxygen atoms in total. The molecule has 1 fully saturated rings. The van der Waals surface area contributed by atoms with Gasteiger partial charge in [-0.25, -0.2) is 0 Å². The molecule has 1 heterocycles. The van der Waals surface area contributed by atoms with Crippen LogP contribution >= 0.6 is 23.6 Å². The molecule has 0 saturated heterocycles. The van der Waals surface area contributed by atoms with E-state index in [4.69, 9.17) is 12.2 Å². The SMILES string of the molecule is CC(C)(C)[C@H](NC(=S)NC1CCCCC1)c1cccs1. The summed E-state index contributed by atoms with van der Waals surface area (Å²) in [4.78, 5) is 1.35. The summed E-state index contributed by atoms with van der Waals surface area (Å²) >= 11 is 7.33. The van der Waals surface area contributed by atoms with Crippen molar-refractivity contribution in [3.05, 3.63) is 22.4 Å². The van der Waals surface area contributed by atoms with Crippen molar-refractivity contribution in [2.24, 2.45) is 5.41 Å². The molecule has 1 aromatic heterocycles. The molecular formula is C16H26N2S2. The molecule has 1 aliphatic rings. The van der Waals surface area contributed by atoms with E-state index in [9.17, 15) is 0 Å². The Kier molecular flexibility index (Phi) is 5.44. The molecule has 0 amide bonds. The van der Waals surface area contributed by atoms with Gasteiger partial charge in [-0.05, 0) is 41.9 Å². The third kappa shape index (κ3) is 4.45. The maximum Gasteiger partial charge on any atom is 0.167 e. The van der Waals surface area contributed by atoms with Crippen LogP contribution in [0.1, 0.15) is 63.8 Å². The molecule has 0 spiro atoms. The Morgan fingerprint density at radius 2 is 2.00 bits per heavy atom. The van der Waals surface area contributed by atoms with Crippen LogP contribution in [0, 0.1) is 5.41 Å². The lowest BCUT2D eigenvalue weighted by molar-refractivity contribution is 0.303. The lowest BCUT2D eigenvalue weighted by atomic mass is 9.86. The highest BCUT2D eigenvalue weighted by Crippen LogP contribution is 2.35. The Bertz CT molecular complexity index is 414.